The Morgan fingerprint density at radius 2 is 2.15 bits per heavy atom. The molecule has 3 N–H and O–H groups in total. The lowest BCUT2D eigenvalue weighted by Gasteiger charge is -2.13. The summed E-state index contributed by atoms with van der Waals surface area (Å²) in [5, 5.41) is 24.0. The number of aliphatic carboxylic acids is 1. The monoisotopic (exact) mass is 301 g/mol. The zero-order chi connectivity index (χ0) is 15.3. The van der Waals surface area contributed by atoms with Crippen molar-refractivity contribution < 1.29 is 19.6 Å². The molecule has 9 heteroatoms. The van der Waals surface area contributed by atoms with E-state index in [1.807, 2.05) is 0 Å². The van der Waals surface area contributed by atoms with Crippen molar-refractivity contribution in [2.24, 2.45) is 0 Å². The predicted molar refractivity (Wildman–Crippen MR) is 72.0 cm³/mol. The number of halogens is 1. The molecule has 108 valence electrons. The molecule has 20 heavy (non-hydrogen) atoms. The number of nitrogens with one attached hydrogen (secondary N) is 2. The molecule has 0 radical (unpaired) electrons. The van der Waals surface area contributed by atoms with Crippen LogP contribution in [0.2, 0.25) is 5.02 Å². The van der Waals surface area contributed by atoms with E-state index in [2.05, 4.69) is 10.6 Å². The van der Waals surface area contributed by atoms with E-state index < -0.39 is 23.0 Å². The number of anilines is 1. The number of hydrogen-bond acceptors (Lipinski definition) is 4. The molecule has 1 aromatic rings. The van der Waals surface area contributed by atoms with Crippen LogP contribution in [-0.2, 0) is 4.79 Å². The first-order valence-corrected chi connectivity index (χ1v) is 5.97. The Morgan fingerprint density at radius 1 is 1.50 bits per heavy atom. The van der Waals surface area contributed by atoms with Gasteiger partial charge >= 0.3 is 12.0 Å². The van der Waals surface area contributed by atoms with E-state index in [0.717, 1.165) is 6.07 Å². The number of carbonyl (C=O) groups excluding carboxylic acids is 1. The van der Waals surface area contributed by atoms with Gasteiger partial charge in [0, 0.05) is 11.8 Å². The van der Waals surface area contributed by atoms with Gasteiger partial charge in [-0.25, -0.2) is 9.59 Å². The maximum atomic E-state index is 11.6. The van der Waals surface area contributed by atoms with Gasteiger partial charge in [-0.05, 0) is 18.6 Å². The first-order chi connectivity index (χ1) is 9.35. The molecule has 0 aliphatic carbocycles. The van der Waals surface area contributed by atoms with Crippen molar-refractivity contribution in [3.05, 3.63) is 33.3 Å². The van der Waals surface area contributed by atoms with Crippen LogP contribution < -0.4 is 10.6 Å². The maximum absolute atomic E-state index is 11.6. The van der Waals surface area contributed by atoms with Crippen LogP contribution >= 0.6 is 11.6 Å². The van der Waals surface area contributed by atoms with Crippen molar-refractivity contribution >= 4 is 35.0 Å². The summed E-state index contributed by atoms with van der Waals surface area (Å²) < 4.78 is 0. The quantitative estimate of drug-likeness (QED) is 0.568. The van der Waals surface area contributed by atoms with Gasteiger partial charge in [0.25, 0.3) is 5.69 Å². The highest BCUT2D eigenvalue weighted by atomic mass is 35.5. The van der Waals surface area contributed by atoms with E-state index in [0.29, 0.717) is 0 Å². The van der Waals surface area contributed by atoms with E-state index in [1.54, 1.807) is 6.92 Å². The van der Waals surface area contributed by atoms with Crippen LogP contribution in [0.1, 0.15) is 13.3 Å². The number of urea groups is 1. The predicted octanol–water partition coefficient (Wildman–Crippen LogP) is 2.23. The maximum Gasteiger partial charge on any atom is 0.326 e. The summed E-state index contributed by atoms with van der Waals surface area (Å²) in [6.07, 6.45) is 0.212. The summed E-state index contributed by atoms with van der Waals surface area (Å²) in [5.74, 6) is -1.16. The molecule has 0 aliphatic rings. The Hall–Kier alpha value is -2.35. The summed E-state index contributed by atoms with van der Waals surface area (Å²) in [7, 11) is 0. The van der Waals surface area contributed by atoms with Crippen molar-refractivity contribution in [2.45, 2.75) is 19.4 Å². The number of carboxylic acids is 1. The van der Waals surface area contributed by atoms with Crippen molar-refractivity contribution in [3.8, 4) is 0 Å². The third kappa shape index (κ3) is 4.09. The molecule has 0 fully saturated rings. The Bertz CT molecular complexity index is 549. The second kappa shape index (κ2) is 6.71. The van der Waals surface area contributed by atoms with Crippen molar-refractivity contribution in [1.82, 2.24) is 5.32 Å². The highest BCUT2D eigenvalue weighted by molar-refractivity contribution is 6.32. The van der Waals surface area contributed by atoms with E-state index in [-0.39, 0.29) is 22.8 Å². The molecule has 0 unspecified atom stereocenters. The molecule has 0 saturated carbocycles. The molecule has 0 spiro atoms. The molecule has 0 aromatic heterocycles. The molecule has 2 amide bonds. The zero-order valence-corrected chi connectivity index (χ0v) is 11.2. The van der Waals surface area contributed by atoms with Gasteiger partial charge in [0.1, 0.15) is 11.1 Å². The normalized spacial score (nSPS) is 11.5. The molecule has 0 heterocycles. The van der Waals surface area contributed by atoms with Gasteiger partial charge in [0.2, 0.25) is 0 Å². The Balaban J connectivity index is 2.78. The van der Waals surface area contributed by atoms with Crippen LogP contribution in [0.5, 0.6) is 0 Å². The smallest absolute Gasteiger partial charge is 0.326 e. The average Bonchev–Trinajstić information content (AvgIpc) is 2.37. The van der Waals surface area contributed by atoms with Crippen molar-refractivity contribution in [3.63, 3.8) is 0 Å². The molecular formula is C11H12ClN3O5. The summed E-state index contributed by atoms with van der Waals surface area (Å²) in [6, 6.07) is 1.93. The van der Waals surface area contributed by atoms with Gasteiger partial charge in [-0.1, -0.05) is 18.5 Å². The van der Waals surface area contributed by atoms with Gasteiger partial charge in [-0.15, -0.1) is 0 Å². The van der Waals surface area contributed by atoms with Crippen LogP contribution in [0.4, 0.5) is 16.2 Å². The first kappa shape index (κ1) is 15.7. The lowest BCUT2D eigenvalue weighted by atomic mass is 10.2. The number of carbonyl (C=O) groups is 2. The third-order valence-electron chi connectivity index (χ3n) is 2.41. The summed E-state index contributed by atoms with van der Waals surface area (Å²) in [5.41, 5.74) is -0.214. The number of benzene rings is 1. The van der Waals surface area contributed by atoms with Gasteiger partial charge in [0.05, 0.1) is 4.92 Å². The van der Waals surface area contributed by atoms with Crippen LogP contribution in [0, 0.1) is 10.1 Å². The van der Waals surface area contributed by atoms with Crippen LogP contribution in [0.3, 0.4) is 0 Å². The average molecular weight is 302 g/mol. The van der Waals surface area contributed by atoms with E-state index in [4.69, 9.17) is 16.7 Å². The number of nitro groups is 1. The highest BCUT2D eigenvalue weighted by Gasteiger charge is 2.18. The van der Waals surface area contributed by atoms with Gasteiger partial charge < -0.3 is 15.7 Å². The van der Waals surface area contributed by atoms with Crippen LogP contribution in [0.15, 0.2) is 18.2 Å². The van der Waals surface area contributed by atoms with Gasteiger partial charge in [0.15, 0.2) is 0 Å². The fourth-order valence-electron chi connectivity index (χ4n) is 1.39. The lowest BCUT2D eigenvalue weighted by molar-refractivity contribution is -0.384. The van der Waals surface area contributed by atoms with Crippen molar-refractivity contribution in [1.29, 1.82) is 0 Å². The molecular weight excluding hydrogens is 290 g/mol. The Kier molecular flexibility index (Phi) is 5.27. The Labute approximate surface area is 118 Å². The number of hydrogen-bond donors (Lipinski definition) is 3. The number of amides is 2. The minimum atomic E-state index is -1.16. The fraction of sp³-hybridized carbons (Fsp3) is 0.273. The minimum Gasteiger partial charge on any atom is -0.480 e. The van der Waals surface area contributed by atoms with E-state index >= 15 is 0 Å². The van der Waals surface area contributed by atoms with Crippen LogP contribution in [0.25, 0.3) is 0 Å². The topological polar surface area (TPSA) is 122 Å². The second-order valence-corrected chi connectivity index (χ2v) is 4.23. The molecule has 8 nitrogen and oxygen atoms in total. The molecule has 0 saturated heterocycles. The zero-order valence-electron chi connectivity index (χ0n) is 10.4. The fourth-order valence-corrected chi connectivity index (χ4v) is 1.58. The second-order valence-electron chi connectivity index (χ2n) is 3.82. The Morgan fingerprint density at radius 3 is 2.65 bits per heavy atom. The molecule has 1 rings (SSSR count). The highest BCUT2D eigenvalue weighted by Crippen LogP contribution is 2.27. The molecule has 1 aromatic carbocycles. The number of carboxylic acid groups (broad SMARTS) is 1. The molecule has 0 aliphatic heterocycles. The molecule has 0 bridgehead atoms. The lowest BCUT2D eigenvalue weighted by Crippen LogP contribution is -2.42. The SMILES string of the molecule is CC[C@H](NC(=O)Nc1ccc(Cl)c([N+](=O)[O-])c1)C(=O)O. The first-order valence-electron chi connectivity index (χ1n) is 5.59. The standard InChI is InChI=1S/C11H12ClN3O5/c1-2-8(10(16)17)14-11(18)13-6-3-4-7(12)9(5-6)15(19)20/h3-5,8H,2H2,1H3,(H,16,17)(H2,13,14,18)/t8-/m0/s1. The molecule has 1 atom stereocenters. The summed E-state index contributed by atoms with van der Waals surface area (Å²) >= 11 is 5.63. The number of rotatable bonds is 5. The van der Waals surface area contributed by atoms with Crippen molar-refractivity contribution in [2.75, 3.05) is 5.32 Å². The third-order valence-corrected chi connectivity index (χ3v) is 2.73. The largest absolute Gasteiger partial charge is 0.480 e. The summed E-state index contributed by atoms with van der Waals surface area (Å²) in [4.78, 5) is 32.3. The van der Waals surface area contributed by atoms with Crippen LogP contribution in [-0.4, -0.2) is 28.1 Å². The number of nitrogens with zero attached hydrogens (tertiary/aromatic N) is 1. The van der Waals surface area contributed by atoms with Gasteiger partial charge in [-0.2, -0.15) is 0 Å². The van der Waals surface area contributed by atoms with Gasteiger partial charge in [-0.3, -0.25) is 10.1 Å². The minimum absolute atomic E-state index is 0.0575. The van der Waals surface area contributed by atoms with E-state index in [1.165, 1.54) is 12.1 Å². The van der Waals surface area contributed by atoms with E-state index in [9.17, 15) is 19.7 Å². The number of nitro benzene ring substituents is 1. The summed E-state index contributed by atoms with van der Waals surface area (Å²) in [6.45, 7) is 1.60.